The molecule has 1 unspecified atom stereocenters. The van der Waals surface area contributed by atoms with Gasteiger partial charge in [-0.25, -0.2) is 0 Å². The monoisotopic (exact) mass is 407 g/mol. The molecule has 1 aliphatic rings. The summed E-state index contributed by atoms with van der Waals surface area (Å²) in [6.45, 7) is 1.15. The summed E-state index contributed by atoms with van der Waals surface area (Å²) in [5.41, 5.74) is 3.85. The molecule has 1 atom stereocenters. The molecule has 0 radical (unpaired) electrons. The lowest BCUT2D eigenvalue weighted by atomic mass is 9.83. The number of carbonyl (C=O) groups is 1. The van der Waals surface area contributed by atoms with Crippen molar-refractivity contribution in [1.82, 2.24) is 0 Å². The molecule has 5 nitrogen and oxygen atoms in total. The molecule has 1 amide bonds. The SMILES string of the molecule is COc1ccc(OC2=C(C(N)=O)CC(C)C(C(F)(F)C(F)(F)F)=C2)c(OC)c1. The molecule has 0 fully saturated rings. The Labute approximate surface area is 157 Å². The summed E-state index contributed by atoms with van der Waals surface area (Å²) in [4.78, 5) is 11.7. The smallest absolute Gasteiger partial charge is 0.457 e. The molecule has 0 heterocycles. The van der Waals surface area contributed by atoms with Crippen molar-refractivity contribution in [3.05, 3.63) is 41.2 Å². The Morgan fingerprint density at radius 1 is 1.11 bits per heavy atom. The molecule has 2 N–H and O–H groups in total. The first-order chi connectivity index (χ1) is 12.9. The van der Waals surface area contributed by atoms with Crippen molar-refractivity contribution >= 4 is 5.91 Å². The molecule has 0 spiro atoms. The van der Waals surface area contributed by atoms with Crippen LogP contribution in [-0.2, 0) is 4.79 Å². The third-order valence-corrected chi connectivity index (χ3v) is 4.23. The van der Waals surface area contributed by atoms with Gasteiger partial charge >= 0.3 is 12.1 Å². The van der Waals surface area contributed by atoms with Gasteiger partial charge in [0, 0.05) is 11.6 Å². The van der Waals surface area contributed by atoms with Gasteiger partial charge in [-0.15, -0.1) is 0 Å². The lowest BCUT2D eigenvalue weighted by Gasteiger charge is -2.30. The Balaban J connectivity index is 2.55. The second-order valence-corrected chi connectivity index (χ2v) is 6.10. The zero-order valence-electron chi connectivity index (χ0n) is 15.2. The van der Waals surface area contributed by atoms with Gasteiger partial charge < -0.3 is 19.9 Å². The van der Waals surface area contributed by atoms with Gasteiger partial charge in [0.15, 0.2) is 11.5 Å². The molecule has 1 aromatic carbocycles. The average molecular weight is 407 g/mol. The Kier molecular flexibility index (Phi) is 5.91. The van der Waals surface area contributed by atoms with Gasteiger partial charge in [0.25, 0.3) is 0 Å². The quantitative estimate of drug-likeness (QED) is 0.724. The van der Waals surface area contributed by atoms with E-state index in [-0.39, 0.29) is 17.1 Å². The Morgan fingerprint density at radius 3 is 2.25 bits per heavy atom. The Bertz CT molecular complexity index is 830. The van der Waals surface area contributed by atoms with E-state index in [0.717, 1.165) is 6.92 Å². The van der Waals surface area contributed by atoms with Crippen molar-refractivity contribution in [1.29, 1.82) is 0 Å². The van der Waals surface area contributed by atoms with Crippen LogP contribution in [0.3, 0.4) is 0 Å². The molecule has 1 aliphatic carbocycles. The average Bonchev–Trinajstić information content (AvgIpc) is 2.61. The van der Waals surface area contributed by atoms with E-state index in [1.54, 1.807) is 0 Å². The van der Waals surface area contributed by atoms with Crippen LogP contribution in [-0.4, -0.2) is 32.2 Å². The van der Waals surface area contributed by atoms with Crippen LogP contribution in [0.5, 0.6) is 17.2 Å². The number of ether oxygens (including phenoxy) is 3. The van der Waals surface area contributed by atoms with Crippen LogP contribution in [0.15, 0.2) is 41.2 Å². The fourth-order valence-corrected chi connectivity index (χ4v) is 2.74. The molecule has 0 saturated carbocycles. The van der Waals surface area contributed by atoms with E-state index in [0.29, 0.717) is 11.8 Å². The summed E-state index contributed by atoms with van der Waals surface area (Å²) in [6, 6.07) is 4.24. The summed E-state index contributed by atoms with van der Waals surface area (Å²) in [7, 11) is 2.70. The van der Waals surface area contributed by atoms with Gasteiger partial charge in [-0.1, -0.05) is 6.92 Å². The number of methoxy groups -OCH3 is 2. The third kappa shape index (κ3) is 4.05. The van der Waals surface area contributed by atoms with E-state index >= 15 is 0 Å². The van der Waals surface area contributed by atoms with Crippen molar-refractivity contribution in [3.8, 4) is 17.2 Å². The molecule has 0 aliphatic heterocycles. The first kappa shape index (κ1) is 21.5. The van der Waals surface area contributed by atoms with Crippen molar-refractivity contribution in [3.63, 3.8) is 0 Å². The van der Waals surface area contributed by atoms with Gasteiger partial charge in [0.1, 0.15) is 11.5 Å². The minimum absolute atomic E-state index is 0.0162. The zero-order chi connectivity index (χ0) is 21.3. The van der Waals surface area contributed by atoms with Crippen LogP contribution in [0.1, 0.15) is 13.3 Å². The standard InChI is InChI=1S/C18H18F5NO4/c1-9-6-11(16(24)25)14(8-12(9)17(19,20)18(21,22)23)28-13-5-4-10(26-2)7-15(13)27-3/h4-5,7-9H,6H2,1-3H3,(H2,24,25). The predicted molar refractivity (Wildman–Crippen MR) is 89.3 cm³/mol. The van der Waals surface area contributed by atoms with Crippen molar-refractivity contribution < 1.29 is 41.0 Å². The molecule has 10 heteroatoms. The van der Waals surface area contributed by atoms with E-state index in [2.05, 4.69) is 0 Å². The highest BCUT2D eigenvalue weighted by atomic mass is 19.4. The van der Waals surface area contributed by atoms with Crippen molar-refractivity contribution in [2.24, 2.45) is 11.7 Å². The number of carbonyl (C=O) groups excluding carboxylic acids is 1. The minimum Gasteiger partial charge on any atom is -0.497 e. The van der Waals surface area contributed by atoms with Crippen LogP contribution >= 0.6 is 0 Å². The van der Waals surface area contributed by atoms with Crippen LogP contribution in [0.2, 0.25) is 0 Å². The fourth-order valence-electron chi connectivity index (χ4n) is 2.74. The van der Waals surface area contributed by atoms with Crippen LogP contribution < -0.4 is 19.9 Å². The lowest BCUT2D eigenvalue weighted by Crippen LogP contribution is -2.41. The number of amides is 1. The van der Waals surface area contributed by atoms with E-state index in [1.165, 1.54) is 32.4 Å². The van der Waals surface area contributed by atoms with E-state index < -0.39 is 41.7 Å². The second kappa shape index (κ2) is 7.69. The van der Waals surface area contributed by atoms with Crippen LogP contribution in [0.4, 0.5) is 22.0 Å². The predicted octanol–water partition coefficient (Wildman–Crippen LogP) is 3.99. The number of nitrogens with two attached hydrogens (primary N) is 1. The molecule has 0 aromatic heterocycles. The second-order valence-electron chi connectivity index (χ2n) is 6.10. The van der Waals surface area contributed by atoms with E-state index in [1.807, 2.05) is 0 Å². The Hall–Kier alpha value is -2.78. The number of allylic oxidation sites excluding steroid dienone is 2. The maximum Gasteiger partial charge on any atom is 0.457 e. The first-order valence-corrected chi connectivity index (χ1v) is 8.01. The number of primary amides is 1. The number of hydrogen-bond donors (Lipinski definition) is 1. The highest BCUT2D eigenvalue weighted by Crippen LogP contribution is 2.47. The van der Waals surface area contributed by atoms with Crippen molar-refractivity contribution in [2.75, 3.05) is 14.2 Å². The summed E-state index contributed by atoms with van der Waals surface area (Å²) in [5.74, 6) is -7.35. The maximum absolute atomic E-state index is 13.9. The van der Waals surface area contributed by atoms with E-state index in [4.69, 9.17) is 19.9 Å². The third-order valence-electron chi connectivity index (χ3n) is 4.23. The van der Waals surface area contributed by atoms with Crippen LogP contribution in [0, 0.1) is 5.92 Å². The van der Waals surface area contributed by atoms with Gasteiger partial charge in [-0.3, -0.25) is 4.79 Å². The minimum atomic E-state index is -5.79. The number of benzene rings is 1. The normalized spacial score (nSPS) is 17.9. The number of hydrogen-bond acceptors (Lipinski definition) is 4. The zero-order valence-corrected chi connectivity index (χ0v) is 15.2. The fraction of sp³-hybridized carbons (Fsp3) is 0.389. The summed E-state index contributed by atoms with van der Waals surface area (Å²) in [6.07, 6.45) is -5.70. The Morgan fingerprint density at radius 2 is 1.75 bits per heavy atom. The van der Waals surface area contributed by atoms with Gasteiger partial charge in [-0.2, -0.15) is 22.0 Å². The molecular formula is C18H18F5NO4. The summed E-state index contributed by atoms with van der Waals surface area (Å²) in [5, 5.41) is 0. The largest absolute Gasteiger partial charge is 0.497 e. The topological polar surface area (TPSA) is 70.8 Å². The first-order valence-electron chi connectivity index (χ1n) is 8.01. The summed E-state index contributed by atoms with van der Waals surface area (Å²) < 4.78 is 81.9. The number of alkyl halides is 5. The number of rotatable bonds is 6. The number of halogens is 5. The van der Waals surface area contributed by atoms with E-state index in [9.17, 15) is 26.7 Å². The molecule has 0 bridgehead atoms. The molecule has 154 valence electrons. The molecular weight excluding hydrogens is 389 g/mol. The molecule has 1 aromatic rings. The van der Waals surface area contributed by atoms with Crippen molar-refractivity contribution in [2.45, 2.75) is 25.4 Å². The lowest BCUT2D eigenvalue weighted by molar-refractivity contribution is -0.266. The van der Waals surface area contributed by atoms with Gasteiger partial charge in [0.2, 0.25) is 5.91 Å². The molecule has 28 heavy (non-hydrogen) atoms. The summed E-state index contributed by atoms with van der Waals surface area (Å²) >= 11 is 0. The van der Waals surface area contributed by atoms with Crippen LogP contribution in [0.25, 0.3) is 0 Å². The highest BCUT2D eigenvalue weighted by molar-refractivity contribution is 5.93. The highest BCUT2D eigenvalue weighted by Gasteiger charge is 2.61. The van der Waals surface area contributed by atoms with Gasteiger partial charge in [-0.05, 0) is 30.5 Å². The maximum atomic E-state index is 13.9. The molecule has 2 rings (SSSR count). The molecule has 0 saturated heterocycles. The van der Waals surface area contributed by atoms with Gasteiger partial charge in [0.05, 0.1) is 19.8 Å².